The molecular weight excluding hydrogens is 434 g/mol. The zero-order chi connectivity index (χ0) is 24.0. The number of phenols is 1. The molecule has 3 aromatic carbocycles. The number of nitrogens with zero attached hydrogens (tertiary/aromatic N) is 3. The average molecular weight is 449 g/mol. The first-order chi connectivity index (χ1) is 15.7. The van der Waals surface area contributed by atoms with Crippen LogP contribution in [0.2, 0.25) is 0 Å². The van der Waals surface area contributed by atoms with Gasteiger partial charge in [-0.3, -0.25) is 29.8 Å². The van der Waals surface area contributed by atoms with Crippen molar-refractivity contribution in [2.24, 2.45) is 5.10 Å². The maximum atomic E-state index is 12.3. The predicted molar refractivity (Wildman–Crippen MR) is 117 cm³/mol. The van der Waals surface area contributed by atoms with E-state index < -0.39 is 21.7 Å². The molecule has 0 aliphatic carbocycles. The zero-order valence-corrected chi connectivity index (χ0v) is 16.7. The van der Waals surface area contributed by atoms with Crippen molar-refractivity contribution in [3.63, 3.8) is 0 Å². The van der Waals surface area contributed by atoms with Gasteiger partial charge in [0, 0.05) is 46.6 Å². The lowest BCUT2D eigenvalue weighted by molar-refractivity contribution is -0.385. The molecule has 166 valence electrons. The lowest BCUT2D eigenvalue weighted by atomic mass is 10.1. The number of hydrazone groups is 1. The van der Waals surface area contributed by atoms with E-state index in [4.69, 9.17) is 0 Å². The van der Waals surface area contributed by atoms with E-state index in [0.717, 1.165) is 24.4 Å². The van der Waals surface area contributed by atoms with Gasteiger partial charge < -0.3 is 10.4 Å². The van der Waals surface area contributed by atoms with Crippen LogP contribution in [0.4, 0.5) is 17.1 Å². The van der Waals surface area contributed by atoms with Crippen molar-refractivity contribution in [1.82, 2.24) is 5.43 Å². The summed E-state index contributed by atoms with van der Waals surface area (Å²) in [6.45, 7) is 0. The van der Waals surface area contributed by atoms with Crippen LogP contribution in [0.25, 0.3) is 0 Å². The Labute approximate surface area is 185 Å². The van der Waals surface area contributed by atoms with Crippen LogP contribution in [0.15, 0.2) is 71.8 Å². The van der Waals surface area contributed by atoms with Crippen molar-refractivity contribution >= 4 is 35.1 Å². The molecule has 3 N–H and O–H groups in total. The lowest BCUT2D eigenvalue weighted by Gasteiger charge is -2.07. The van der Waals surface area contributed by atoms with Gasteiger partial charge in [0.1, 0.15) is 5.75 Å². The van der Waals surface area contributed by atoms with E-state index in [0.29, 0.717) is 5.69 Å². The number of carbonyl (C=O) groups excluding carboxylic acids is 2. The molecular formula is C21H15N5O7. The first-order valence-corrected chi connectivity index (χ1v) is 9.21. The summed E-state index contributed by atoms with van der Waals surface area (Å²) in [5.41, 5.74) is 2.50. The monoisotopic (exact) mass is 449 g/mol. The smallest absolute Gasteiger partial charge is 0.271 e. The molecule has 0 unspecified atom stereocenters. The highest BCUT2D eigenvalue weighted by molar-refractivity contribution is 6.05. The average Bonchev–Trinajstić information content (AvgIpc) is 2.80. The van der Waals surface area contributed by atoms with E-state index in [-0.39, 0.29) is 33.8 Å². The second-order valence-corrected chi connectivity index (χ2v) is 6.54. The number of non-ortho nitro benzene ring substituents is 2. The number of anilines is 1. The highest BCUT2D eigenvalue weighted by atomic mass is 16.6. The third kappa shape index (κ3) is 5.73. The predicted octanol–water partition coefficient (Wildman–Crippen LogP) is 3.22. The number of hydrogen-bond acceptors (Lipinski definition) is 8. The van der Waals surface area contributed by atoms with Crippen LogP contribution >= 0.6 is 0 Å². The number of carbonyl (C=O) groups is 2. The van der Waals surface area contributed by atoms with E-state index in [1.807, 2.05) is 0 Å². The summed E-state index contributed by atoms with van der Waals surface area (Å²) in [6.07, 6.45) is 1.06. The van der Waals surface area contributed by atoms with Gasteiger partial charge in [0.2, 0.25) is 0 Å². The maximum Gasteiger partial charge on any atom is 0.271 e. The van der Waals surface area contributed by atoms with Crippen molar-refractivity contribution in [2.45, 2.75) is 0 Å². The van der Waals surface area contributed by atoms with Gasteiger partial charge in [-0.05, 0) is 36.4 Å². The Morgan fingerprint density at radius 2 is 1.52 bits per heavy atom. The van der Waals surface area contributed by atoms with Crippen molar-refractivity contribution in [1.29, 1.82) is 0 Å². The van der Waals surface area contributed by atoms with E-state index >= 15 is 0 Å². The van der Waals surface area contributed by atoms with Crippen molar-refractivity contribution in [3.8, 4) is 5.75 Å². The number of hydrogen-bond donors (Lipinski definition) is 3. The van der Waals surface area contributed by atoms with Gasteiger partial charge in [-0.15, -0.1) is 0 Å². The largest absolute Gasteiger partial charge is 0.507 e. The molecule has 12 heteroatoms. The number of aromatic hydroxyl groups is 1. The maximum absolute atomic E-state index is 12.3. The second kappa shape index (κ2) is 9.78. The first kappa shape index (κ1) is 22.6. The molecule has 0 heterocycles. The number of nitro groups is 2. The van der Waals surface area contributed by atoms with Crippen LogP contribution in [-0.2, 0) is 0 Å². The van der Waals surface area contributed by atoms with Crippen LogP contribution in [0, 0.1) is 20.2 Å². The molecule has 0 bridgehead atoms. The molecule has 0 atom stereocenters. The topological polar surface area (TPSA) is 177 Å². The minimum absolute atomic E-state index is 0.0358. The molecule has 0 radical (unpaired) electrons. The first-order valence-electron chi connectivity index (χ1n) is 9.21. The van der Waals surface area contributed by atoms with E-state index in [1.54, 1.807) is 6.07 Å². The Morgan fingerprint density at radius 3 is 2.18 bits per heavy atom. The Kier molecular flexibility index (Phi) is 6.69. The molecule has 33 heavy (non-hydrogen) atoms. The fourth-order valence-electron chi connectivity index (χ4n) is 2.66. The summed E-state index contributed by atoms with van der Waals surface area (Å²) in [7, 11) is 0. The van der Waals surface area contributed by atoms with Crippen molar-refractivity contribution in [3.05, 3.63) is 104 Å². The van der Waals surface area contributed by atoms with Crippen LogP contribution in [0.3, 0.4) is 0 Å². The quantitative estimate of drug-likeness (QED) is 0.281. The summed E-state index contributed by atoms with van der Waals surface area (Å²) in [5.74, 6) is -1.42. The minimum atomic E-state index is -0.636. The number of nitrogens with one attached hydrogen (secondary N) is 2. The molecule has 0 aliphatic rings. The highest BCUT2D eigenvalue weighted by Crippen LogP contribution is 2.21. The van der Waals surface area contributed by atoms with Gasteiger partial charge in [-0.2, -0.15) is 5.10 Å². The van der Waals surface area contributed by atoms with Crippen LogP contribution < -0.4 is 10.7 Å². The fourth-order valence-corrected chi connectivity index (χ4v) is 2.66. The number of phenolic OH excluding ortho intramolecular Hbond substituents is 1. The van der Waals surface area contributed by atoms with Gasteiger partial charge in [0.05, 0.1) is 16.1 Å². The summed E-state index contributed by atoms with van der Waals surface area (Å²) in [4.78, 5) is 45.0. The van der Waals surface area contributed by atoms with Gasteiger partial charge in [0.15, 0.2) is 0 Å². The van der Waals surface area contributed by atoms with Crippen LogP contribution in [0.5, 0.6) is 5.75 Å². The molecule has 0 fully saturated rings. The molecule has 3 rings (SSSR count). The van der Waals surface area contributed by atoms with Gasteiger partial charge in [-0.1, -0.05) is 6.07 Å². The van der Waals surface area contributed by atoms with Crippen molar-refractivity contribution < 1.29 is 24.5 Å². The SMILES string of the molecule is O=C(NN=Cc1cc([N+](=O)[O-])ccc1O)c1cccc(NC(=O)c2ccc([N+](=O)[O-])cc2)c1. The number of rotatable bonds is 7. The summed E-state index contributed by atoms with van der Waals surface area (Å²) < 4.78 is 0. The summed E-state index contributed by atoms with van der Waals surface area (Å²) in [5, 5.41) is 37.6. The van der Waals surface area contributed by atoms with E-state index in [9.17, 15) is 34.9 Å². The lowest BCUT2D eigenvalue weighted by Crippen LogP contribution is -2.18. The second-order valence-electron chi connectivity index (χ2n) is 6.54. The molecule has 0 saturated heterocycles. The van der Waals surface area contributed by atoms with Gasteiger partial charge >= 0.3 is 0 Å². The zero-order valence-electron chi connectivity index (χ0n) is 16.7. The third-order valence-corrected chi connectivity index (χ3v) is 4.31. The van der Waals surface area contributed by atoms with Crippen LogP contribution in [-0.4, -0.2) is 33.0 Å². The molecule has 3 aromatic rings. The number of benzene rings is 3. The molecule has 0 saturated carbocycles. The van der Waals surface area contributed by atoms with E-state index in [1.165, 1.54) is 42.5 Å². The third-order valence-electron chi connectivity index (χ3n) is 4.31. The Balaban J connectivity index is 1.66. The Morgan fingerprint density at radius 1 is 0.848 bits per heavy atom. The number of amides is 2. The molecule has 12 nitrogen and oxygen atoms in total. The Hall–Kier alpha value is -5.13. The van der Waals surface area contributed by atoms with Gasteiger partial charge in [-0.25, -0.2) is 5.43 Å². The summed E-state index contributed by atoms with van der Waals surface area (Å²) in [6, 6.07) is 14.3. The van der Waals surface area contributed by atoms with Crippen molar-refractivity contribution in [2.75, 3.05) is 5.32 Å². The normalized spacial score (nSPS) is 10.5. The van der Waals surface area contributed by atoms with E-state index in [2.05, 4.69) is 15.8 Å². The standard InChI is InChI=1S/C21H15N5O7/c27-19-9-8-18(26(32)33)11-15(19)12-22-24-21(29)14-2-1-3-16(10-14)23-20(28)13-4-6-17(7-5-13)25(30)31/h1-12,27H,(H,23,28)(H,24,29). The molecule has 2 amide bonds. The number of nitro benzene ring substituents is 2. The van der Waals surface area contributed by atoms with Crippen LogP contribution in [0.1, 0.15) is 26.3 Å². The highest BCUT2D eigenvalue weighted by Gasteiger charge is 2.12. The molecule has 0 spiro atoms. The minimum Gasteiger partial charge on any atom is -0.507 e. The summed E-state index contributed by atoms with van der Waals surface area (Å²) >= 11 is 0. The molecule has 0 aliphatic heterocycles. The Bertz CT molecular complexity index is 1270. The fraction of sp³-hybridized carbons (Fsp3) is 0. The molecule has 0 aromatic heterocycles. The van der Waals surface area contributed by atoms with Gasteiger partial charge in [0.25, 0.3) is 23.2 Å².